The van der Waals surface area contributed by atoms with Gasteiger partial charge < -0.3 is 15.0 Å². The van der Waals surface area contributed by atoms with Crippen LogP contribution in [-0.2, 0) is 6.18 Å². The van der Waals surface area contributed by atoms with Crippen molar-refractivity contribution >= 4 is 16.9 Å². The van der Waals surface area contributed by atoms with Crippen LogP contribution in [0.3, 0.4) is 0 Å². The van der Waals surface area contributed by atoms with Gasteiger partial charge in [-0.3, -0.25) is 0 Å². The number of nitrogens with zero attached hydrogens (tertiary/aromatic N) is 3. The van der Waals surface area contributed by atoms with Gasteiger partial charge in [0, 0.05) is 32.2 Å². The van der Waals surface area contributed by atoms with E-state index in [-0.39, 0.29) is 11.4 Å². The third kappa shape index (κ3) is 2.78. The number of halogens is 3. The Kier molecular flexibility index (Phi) is 3.78. The second-order valence-electron chi connectivity index (χ2n) is 4.99. The van der Waals surface area contributed by atoms with Crippen molar-refractivity contribution in [1.82, 2.24) is 15.3 Å². The predicted octanol–water partition coefficient (Wildman–Crippen LogP) is 2.07. The summed E-state index contributed by atoms with van der Waals surface area (Å²) >= 11 is 0. The minimum atomic E-state index is -4.53. The summed E-state index contributed by atoms with van der Waals surface area (Å²) in [7, 11) is 1.33. The van der Waals surface area contributed by atoms with Crippen molar-refractivity contribution in [3.05, 3.63) is 23.9 Å². The standard InChI is InChI=1S/C14H15F3N4O/c1-22-10-8-11(14(15,16)17)19-13-9(10)2-3-12(20-13)21-6-4-18-5-7-21/h2-3,8,18H,4-7H2,1H3. The van der Waals surface area contributed by atoms with E-state index in [0.29, 0.717) is 11.2 Å². The molecule has 1 saturated heterocycles. The first-order valence-corrected chi connectivity index (χ1v) is 6.87. The van der Waals surface area contributed by atoms with Crippen molar-refractivity contribution in [2.45, 2.75) is 6.18 Å². The van der Waals surface area contributed by atoms with Gasteiger partial charge in [0.15, 0.2) is 11.3 Å². The third-order valence-electron chi connectivity index (χ3n) is 3.57. The number of methoxy groups -OCH3 is 1. The summed E-state index contributed by atoms with van der Waals surface area (Å²) in [6, 6.07) is 4.38. The number of alkyl halides is 3. The van der Waals surface area contributed by atoms with Crippen LogP contribution in [-0.4, -0.2) is 43.3 Å². The number of anilines is 1. The number of hydrogen-bond donors (Lipinski definition) is 1. The lowest BCUT2D eigenvalue weighted by Crippen LogP contribution is -2.43. The van der Waals surface area contributed by atoms with E-state index in [9.17, 15) is 13.2 Å². The van der Waals surface area contributed by atoms with Crippen LogP contribution < -0.4 is 15.0 Å². The van der Waals surface area contributed by atoms with Crippen molar-refractivity contribution in [2.75, 3.05) is 38.2 Å². The van der Waals surface area contributed by atoms with Crippen LogP contribution in [0.4, 0.5) is 19.0 Å². The molecule has 0 saturated carbocycles. The molecule has 8 heteroatoms. The predicted molar refractivity (Wildman–Crippen MR) is 76.2 cm³/mol. The Bertz CT molecular complexity index is 684. The molecule has 0 amide bonds. The summed E-state index contributed by atoms with van der Waals surface area (Å²) in [6.45, 7) is 3.15. The molecule has 22 heavy (non-hydrogen) atoms. The molecule has 3 heterocycles. The smallest absolute Gasteiger partial charge is 0.433 e. The van der Waals surface area contributed by atoms with Crippen LogP contribution in [0.2, 0.25) is 0 Å². The number of pyridine rings is 2. The van der Waals surface area contributed by atoms with Gasteiger partial charge in [-0.1, -0.05) is 0 Å². The molecule has 2 aromatic heterocycles. The Balaban J connectivity index is 2.09. The van der Waals surface area contributed by atoms with Crippen LogP contribution in [0.15, 0.2) is 18.2 Å². The lowest BCUT2D eigenvalue weighted by atomic mass is 10.2. The van der Waals surface area contributed by atoms with E-state index in [4.69, 9.17) is 4.74 Å². The normalized spacial score (nSPS) is 16.1. The highest BCUT2D eigenvalue weighted by Gasteiger charge is 2.34. The summed E-state index contributed by atoms with van der Waals surface area (Å²) in [4.78, 5) is 9.96. The number of hydrogen-bond acceptors (Lipinski definition) is 5. The SMILES string of the molecule is COc1cc(C(F)(F)F)nc2nc(N3CCNCC3)ccc12. The molecule has 0 unspecified atom stereocenters. The fourth-order valence-electron chi connectivity index (χ4n) is 2.45. The van der Waals surface area contributed by atoms with Crippen LogP contribution in [0.5, 0.6) is 5.75 Å². The van der Waals surface area contributed by atoms with E-state index >= 15 is 0 Å². The monoisotopic (exact) mass is 312 g/mol. The fourth-order valence-corrected chi connectivity index (χ4v) is 2.45. The summed E-state index contributed by atoms with van der Waals surface area (Å²) in [5, 5.41) is 3.68. The van der Waals surface area contributed by atoms with E-state index in [2.05, 4.69) is 15.3 Å². The van der Waals surface area contributed by atoms with Gasteiger partial charge in [-0.05, 0) is 12.1 Å². The molecule has 5 nitrogen and oxygen atoms in total. The van der Waals surface area contributed by atoms with Gasteiger partial charge in [-0.15, -0.1) is 0 Å². The quantitative estimate of drug-likeness (QED) is 0.920. The molecule has 0 radical (unpaired) electrons. The molecule has 1 aliphatic rings. The number of ether oxygens (including phenoxy) is 1. The molecule has 1 aliphatic heterocycles. The maximum atomic E-state index is 12.9. The van der Waals surface area contributed by atoms with Crippen molar-refractivity contribution in [3.8, 4) is 5.75 Å². The topological polar surface area (TPSA) is 50.3 Å². The van der Waals surface area contributed by atoms with Crippen LogP contribution >= 0.6 is 0 Å². The first kappa shape index (κ1) is 14.8. The molecule has 0 atom stereocenters. The van der Waals surface area contributed by atoms with Gasteiger partial charge in [0.25, 0.3) is 0 Å². The van der Waals surface area contributed by atoms with Crippen LogP contribution in [0, 0.1) is 0 Å². The second-order valence-corrected chi connectivity index (χ2v) is 4.99. The van der Waals surface area contributed by atoms with E-state index < -0.39 is 11.9 Å². The zero-order chi connectivity index (χ0) is 15.7. The van der Waals surface area contributed by atoms with E-state index in [0.717, 1.165) is 32.2 Å². The van der Waals surface area contributed by atoms with Gasteiger partial charge in [0.2, 0.25) is 0 Å². The summed E-state index contributed by atoms with van der Waals surface area (Å²) < 4.78 is 43.8. The molecule has 0 bridgehead atoms. The zero-order valence-electron chi connectivity index (χ0n) is 11.9. The lowest BCUT2D eigenvalue weighted by Gasteiger charge is -2.28. The Morgan fingerprint density at radius 3 is 2.55 bits per heavy atom. The Morgan fingerprint density at radius 1 is 1.18 bits per heavy atom. The molecule has 1 fully saturated rings. The van der Waals surface area contributed by atoms with E-state index in [1.165, 1.54) is 7.11 Å². The Morgan fingerprint density at radius 2 is 1.91 bits per heavy atom. The van der Waals surface area contributed by atoms with Gasteiger partial charge in [0.1, 0.15) is 11.6 Å². The Labute approximate surface area is 125 Å². The zero-order valence-corrected chi connectivity index (χ0v) is 11.9. The summed E-state index contributed by atoms with van der Waals surface area (Å²) in [5.74, 6) is 0.750. The molecule has 3 rings (SSSR count). The highest BCUT2D eigenvalue weighted by Crippen LogP contribution is 2.34. The van der Waals surface area contributed by atoms with Gasteiger partial charge >= 0.3 is 6.18 Å². The van der Waals surface area contributed by atoms with Crippen LogP contribution in [0.25, 0.3) is 11.0 Å². The first-order valence-electron chi connectivity index (χ1n) is 6.87. The molecule has 0 aliphatic carbocycles. The average molecular weight is 312 g/mol. The number of fused-ring (bicyclic) bond motifs is 1. The first-order chi connectivity index (χ1) is 10.5. The van der Waals surface area contributed by atoms with Crippen molar-refractivity contribution in [2.24, 2.45) is 0 Å². The Hall–Kier alpha value is -2.09. The highest BCUT2D eigenvalue weighted by atomic mass is 19.4. The maximum Gasteiger partial charge on any atom is 0.433 e. The van der Waals surface area contributed by atoms with E-state index in [1.54, 1.807) is 12.1 Å². The minimum Gasteiger partial charge on any atom is -0.496 e. The molecule has 0 aromatic carbocycles. The number of piperazine rings is 1. The lowest BCUT2D eigenvalue weighted by molar-refractivity contribution is -0.141. The van der Waals surface area contributed by atoms with Crippen LogP contribution in [0.1, 0.15) is 5.69 Å². The molecular weight excluding hydrogens is 297 g/mol. The molecule has 2 aromatic rings. The number of nitrogens with one attached hydrogen (secondary N) is 1. The van der Waals surface area contributed by atoms with Gasteiger partial charge in [-0.25, -0.2) is 9.97 Å². The van der Waals surface area contributed by atoms with Gasteiger partial charge in [-0.2, -0.15) is 13.2 Å². The second kappa shape index (κ2) is 5.60. The van der Waals surface area contributed by atoms with Crippen molar-refractivity contribution < 1.29 is 17.9 Å². The summed E-state index contributed by atoms with van der Waals surface area (Å²) in [5.41, 5.74) is -0.954. The van der Waals surface area contributed by atoms with E-state index in [1.807, 2.05) is 4.90 Å². The van der Waals surface area contributed by atoms with Crippen molar-refractivity contribution in [3.63, 3.8) is 0 Å². The molecule has 1 N–H and O–H groups in total. The largest absolute Gasteiger partial charge is 0.496 e. The van der Waals surface area contributed by atoms with Crippen molar-refractivity contribution in [1.29, 1.82) is 0 Å². The minimum absolute atomic E-state index is 0.0442. The van der Waals surface area contributed by atoms with Gasteiger partial charge in [0.05, 0.1) is 12.5 Å². The average Bonchev–Trinajstić information content (AvgIpc) is 2.53. The third-order valence-corrected chi connectivity index (χ3v) is 3.57. The summed E-state index contributed by atoms with van der Waals surface area (Å²) in [6.07, 6.45) is -4.53. The number of aromatic nitrogens is 2. The molecule has 118 valence electrons. The maximum absolute atomic E-state index is 12.9. The molecular formula is C14H15F3N4O. The number of rotatable bonds is 2. The molecule has 0 spiro atoms. The highest BCUT2D eigenvalue weighted by molar-refractivity contribution is 5.83. The fraction of sp³-hybridized carbons (Fsp3) is 0.429.